The minimum Gasteiger partial charge on any atom is -0.478 e. The van der Waals surface area contributed by atoms with Gasteiger partial charge in [0.2, 0.25) is 5.13 Å². The summed E-state index contributed by atoms with van der Waals surface area (Å²) >= 11 is 4.14. The van der Waals surface area contributed by atoms with Gasteiger partial charge in [-0.15, -0.1) is 10.2 Å². The zero-order chi connectivity index (χ0) is 14.9. The lowest BCUT2D eigenvalue weighted by atomic mass is 10.2. The predicted octanol–water partition coefficient (Wildman–Crippen LogP) is 2.11. The van der Waals surface area contributed by atoms with E-state index in [0.29, 0.717) is 9.48 Å². The van der Waals surface area contributed by atoms with E-state index in [0.717, 1.165) is 17.4 Å². The fourth-order valence-corrected chi connectivity index (χ4v) is 3.61. The molecular formula is C10H8BrN3O4S2. The number of anilines is 1. The molecule has 0 bridgehead atoms. The molecule has 2 rings (SSSR count). The molecule has 0 amide bonds. The minimum absolute atomic E-state index is 0.127. The van der Waals surface area contributed by atoms with Crippen LogP contribution in [0.2, 0.25) is 0 Å². The van der Waals surface area contributed by atoms with Gasteiger partial charge in [0.05, 0.1) is 10.5 Å². The minimum atomic E-state index is -3.90. The van der Waals surface area contributed by atoms with Gasteiger partial charge in [0, 0.05) is 4.47 Å². The van der Waals surface area contributed by atoms with Crippen molar-refractivity contribution < 1.29 is 18.3 Å². The van der Waals surface area contributed by atoms with E-state index >= 15 is 0 Å². The maximum Gasteiger partial charge on any atom is 0.336 e. The number of carbonyl (C=O) groups is 1. The third-order valence-electron chi connectivity index (χ3n) is 2.23. The molecule has 106 valence electrons. The van der Waals surface area contributed by atoms with E-state index in [9.17, 15) is 13.2 Å². The summed E-state index contributed by atoms with van der Waals surface area (Å²) in [6, 6.07) is 3.73. The summed E-state index contributed by atoms with van der Waals surface area (Å²) in [7, 11) is -3.90. The van der Waals surface area contributed by atoms with Crippen LogP contribution in [0.5, 0.6) is 0 Å². The van der Waals surface area contributed by atoms with Gasteiger partial charge < -0.3 is 5.11 Å². The summed E-state index contributed by atoms with van der Waals surface area (Å²) in [5.74, 6) is -1.22. The number of rotatable bonds is 4. The Morgan fingerprint density at radius 3 is 2.65 bits per heavy atom. The lowest BCUT2D eigenvalue weighted by Gasteiger charge is -2.06. The Hall–Kier alpha value is -1.52. The zero-order valence-electron chi connectivity index (χ0n) is 9.99. The number of aryl methyl sites for hydroxylation is 1. The molecule has 10 heteroatoms. The molecule has 0 radical (unpaired) electrons. The summed E-state index contributed by atoms with van der Waals surface area (Å²) < 4.78 is 26.8. The van der Waals surface area contributed by atoms with Crippen molar-refractivity contribution in [1.82, 2.24) is 10.2 Å². The molecule has 1 aromatic carbocycles. The van der Waals surface area contributed by atoms with Crippen LogP contribution in [0.3, 0.4) is 0 Å². The first-order chi connectivity index (χ1) is 9.29. The Balaban J connectivity index is 2.39. The van der Waals surface area contributed by atoms with E-state index in [4.69, 9.17) is 5.11 Å². The van der Waals surface area contributed by atoms with Crippen molar-refractivity contribution in [2.45, 2.75) is 11.8 Å². The topological polar surface area (TPSA) is 109 Å². The van der Waals surface area contributed by atoms with Gasteiger partial charge in [0.1, 0.15) is 5.01 Å². The molecule has 20 heavy (non-hydrogen) atoms. The highest BCUT2D eigenvalue weighted by Gasteiger charge is 2.19. The molecule has 1 aromatic heterocycles. The standard InChI is InChI=1S/C10H8BrN3O4S2/c1-5-12-13-10(19-5)14-20(17,18)6-2-3-8(11)7(4-6)9(15)16/h2-4H,1H3,(H,13,14)(H,15,16). The highest BCUT2D eigenvalue weighted by Crippen LogP contribution is 2.24. The largest absolute Gasteiger partial charge is 0.478 e. The van der Waals surface area contributed by atoms with Crippen molar-refractivity contribution in [3.63, 3.8) is 0 Å². The second-order valence-corrected chi connectivity index (χ2v) is 7.40. The smallest absolute Gasteiger partial charge is 0.336 e. The third-order valence-corrected chi connectivity index (χ3v) is 5.14. The van der Waals surface area contributed by atoms with Crippen LogP contribution in [0, 0.1) is 6.92 Å². The van der Waals surface area contributed by atoms with Crippen LogP contribution in [0.4, 0.5) is 5.13 Å². The van der Waals surface area contributed by atoms with E-state index in [-0.39, 0.29) is 15.6 Å². The molecule has 0 aliphatic rings. The number of nitrogens with one attached hydrogen (secondary N) is 1. The molecule has 0 spiro atoms. The van der Waals surface area contributed by atoms with Crippen molar-refractivity contribution in [2.24, 2.45) is 0 Å². The monoisotopic (exact) mass is 377 g/mol. The molecule has 0 saturated carbocycles. The van der Waals surface area contributed by atoms with Gasteiger partial charge in [0.15, 0.2) is 0 Å². The first-order valence-corrected chi connectivity index (χ1v) is 8.24. The Kier molecular flexibility index (Phi) is 4.06. The van der Waals surface area contributed by atoms with Crippen LogP contribution in [0.25, 0.3) is 0 Å². The molecular weight excluding hydrogens is 370 g/mol. The average molecular weight is 378 g/mol. The summed E-state index contributed by atoms with van der Waals surface area (Å²) in [6.07, 6.45) is 0. The van der Waals surface area contributed by atoms with E-state index in [2.05, 4.69) is 30.8 Å². The summed E-state index contributed by atoms with van der Waals surface area (Å²) in [5, 5.41) is 17.1. The van der Waals surface area contributed by atoms with Crippen LogP contribution in [-0.4, -0.2) is 29.7 Å². The van der Waals surface area contributed by atoms with Crippen LogP contribution in [-0.2, 0) is 10.0 Å². The summed E-state index contributed by atoms with van der Waals surface area (Å²) in [6.45, 7) is 1.69. The average Bonchev–Trinajstić information content (AvgIpc) is 2.73. The Labute approximate surface area is 126 Å². The van der Waals surface area contributed by atoms with E-state index in [1.807, 2.05) is 0 Å². The van der Waals surface area contributed by atoms with Crippen molar-refractivity contribution >= 4 is 48.4 Å². The number of aromatic nitrogens is 2. The molecule has 0 saturated heterocycles. The number of hydrogen-bond acceptors (Lipinski definition) is 6. The Morgan fingerprint density at radius 2 is 2.10 bits per heavy atom. The number of aromatic carboxylic acids is 1. The van der Waals surface area contributed by atoms with E-state index in [1.54, 1.807) is 6.92 Å². The fraction of sp³-hybridized carbons (Fsp3) is 0.100. The maximum absolute atomic E-state index is 12.1. The molecule has 0 aliphatic carbocycles. The van der Waals surface area contributed by atoms with Gasteiger partial charge >= 0.3 is 5.97 Å². The molecule has 1 heterocycles. The van der Waals surface area contributed by atoms with Gasteiger partial charge in [-0.2, -0.15) is 0 Å². The van der Waals surface area contributed by atoms with Gasteiger partial charge in [-0.25, -0.2) is 13.2 Å². The molecule has 0 atom stereocenters. The molecule has 0 aliphatic heterocycles. The lowest BCUT2D eigenvalue weighted by Crippen LogP contribution is -2.13. The van der Waals surface area contributed by atoms with Crippen molar-refractivity contribution in [3.05, 3.63) is 33.2 Å². The highest BCUT2D eigenvalue weighted by atomic mass is 79.9. The number of carboxylic acids is 1. The molecule has 2 N–H and O–H groups in total. The second kappa shape index (κ2) is 5.46. The number of carboxylic acid groups (broad SMARTS) is 1. The number of benzene rings is 1. The number of nitrogens with zero attached hydrogens (tertiary/aromatic N) is 2. The quantitative estimate of drug-likeness (QED) is 0.844. The number of hydrogen-bond donors (Lipinski definition) is 2. The first-order valence-electron chi connectivity index (χ1n) is 5.15. The van der Waals surface area contributed by atoms with Gasteiger partial charge in [-0.3, -0.25) is 4.72 Å². The molecule has 0 fully saturated rings. The number of halogens is 1. The van der Waals surface area contributed by atoms with Crippen LogP contribution < -0.4 is 4.72 Å². The van der Waals surface area contributed by atoms with Crippen LogP contribution in [0.1, 0.15) is 15.4 Å². The van der Waals surface area contributed by atoms with Crippen molar-refractivity contribution in [1.29, 1.82) is 0 Å². The normalized spacial score (nSPS) is 11.3. The van der Waals surface area contributed by atoms with E-state index in [1.165, 1.54) is 12.1 Å². The third kappa shape index (κ3) is 3.14. The van der Waals surface area contributed by atoms with Crippen molar-refractivity contribution in [2.75, 3.05) is 4.72 Å². The van der Waals surface area contributed by atoms with Crippen LogP contribution >= 0.6 is 27.3 Å². The van der Waals surface area contributed by atoms with E-state index < -0.39 is 16.0 Å². The second-order valence-electron chi connectivity index (χ2n) is 3.68. The SMILES string of the molecule is Cc1nnc(NS(=O)(=O)c2ccc(Br)c(C(=O)O)c2)s1. The van der Waals surface area contributed by atoms with Gasteiger partial charge in [0.25, 0.3) is 10.0 Å². The Morgan fingerprint density at radius 1 is 1.40 bits per heavy atom. The molecule has 7 nitrogen and oxygen atoms in total. The molecule has 0 unspecified atom stereocenters. The van der Waals surface area contributed by atoms with Gasteiger partial charge in [-0.1, -0.05) is 11.3 Å². The van der Waals surface area contributed by atoms with Gasteiger partial charge in [-0.05, 0) is 41.1 Å². The predicted molar refractivity (Wildman–Crippen MR) is 76.6 cm³/mol. The Bertz CT molecular complexity index is 773. The van der Waals surface area contributed by atoms with Crippen LogP contribution in [0.15, 0.2) is 27.6 Å². The highest BCUT2D eigenvalue weighted by molar-refractivity contribution is 9.10. The summed E-state index contributed by atoms with van der Waals surface area (Å²) in [5.41, 5.74) is -0.138. The zero-order valence-corrected chi connectivity index (χ0v) is 13.2. The maximum atomic E-state index is 12.1. The lowest BCUT2D eigenvalue weighted by molar-refractivity contribution is 0.0695. The van der Waals surface area contributed by atoms with Crippen molar-refractivity contribution in [3.8, 4) is 0 Å². The first kappa shape index (κ1) is 14.9. The fourth-order valence-electron chi connectivity index (χ4n) is 1.35. The summed E-state index contributed by atoms with van der Waals surface area (Å²) in [4.78, 5) is 10.8. The number of sulfonamides is 1. The molecule has 2 aromatic rings.